The van der Waals surface area contributed by atoms with Crippen molar-refractivity contribution >= 4 is 0 Å². The quantitative estimate of drug-likeness (QED) is 0.895. The Labute approximate surface area is 113 Å². The monoisotopic (exact) mass is 261 g/mol. The Kier molecular flexibility index (Phi) is 4.32. The van der Waals surface area contributed by atoms with E-state index in [-0.39, 0.29) is 11.9 Å². The minimum absolute atomic E-state index is 0.197. The molecule has 4 heteroatoms. The number of rotatable bonds is 5. The molecule has 1 unspecified atom stereocenters. The van der Waals surface area contributed by atoms with Crippen LogP contribution in [0, 0.1) is 12.7 Å². The van der Waals surface area contributed by atoms with E-state index < -0.39 is 0 Å². The third-order valence-electron chi connectivity index (χ3n) is 3.43. The van der Waals surface area contributed by atoms with Crippen LogP contribution < -0.4 is 5.32 Å². The van der Waals surface area contributed by atoms with E-state index >= 15 is 0 Å². The zero-order valence-corrected chi connectivity index (χ0v) is 11.7. The fourth-order valence-electron chi connectivity index (χ4n) is 2.19. The number of hydrogen-bond donors (Lipinski definition) is 1. The Morgan fingerprint density at radius 3 is 2.58 bits per heavy atom. The summed E-state index contributed by atoms with van der Waals surface area (Å²) in [5, 5.41) is 7.79. The van der Waals surface area contributed by atoms with E-state index in [4.69, 9.17) is 0 Å². The first-order chi connectivity index (χ1) is 9.11. The summed E-state index contributed by atoms with van der Waals surface area (Å²) >= 11 is 0. The third-order valence-corrected chi connectivity index (χ3v) is 3.43. The molecule has 102 valence electrons. The molecule has 0 saturated carbocycles. The zero-order chi connectivity index (χ0) is 13.8. The summed E-state index contributed by atoms with van der Waals surface area (Å²) in [6.45, 7) is 7.89. The molecule has 0 aliphatic heterocycles. The fourth-order valence-corrected chi connectivity index (χ4v) is 2.19. The first-order valence-corrected chi connectivity index (χ1v) is 6.62. The van der Waals surface area contributed by atoms with Gasteiger partial charge in [0.25, 0.3) is 0 Å². The van der Waals surface area contributed by atoms with E-state index in [1.54, 1.807) is 12.1 Å². The first kappa shape index (κ1) is 13.7. The summed E-state index contributed by atoms with van der Waals surface area (Å²) in [5.74, 6) is -0.197. The molecule has 0 fully saturated rings. The molecule has 1 aromatic carbocycles. The maximum absolute atomic E-state index is 12.8. The number of nitrogens with zero attached hydrogens (tertiary/aromatic N) is 2. The normalized spacial score (nSPS) is 12.6. The van der Waals surface area contributed by atoms with Crippen molar-refractivity contribution in [1.29, 1.82) is 0 Å². The molecule has 2 rings (SSSR count). The van der Waals surface area contributed by atoms with E-state index in [1.807, 2.05) is 10.9 Å². The van der Waals surface area contributed by atoms with Crippen LogP contribution in [-0.2, 0) is 13.1 Å². The van der Waals surface area contributed by atoms with Crippen molar-refractivity contribution in [3.8, 4) is 0 Å². The maximum Gasteiger partial charge on any atom is 0.123 e. The SMILES string of the molecule is CCn1ncc(C(C)NCc2ccc(F)cc2)c1C. The molecule has 1 aromatic heterocycles. The average molecular weight is 261 g/mol. The van der Waals surface area contributed by atoms with Crippen molar-refractivity contribution in [3.05, 3.63) is 53.1 Å². The van der Waals surface area contributed by atoms with Gasteiger partial charge < -0.3 is 5.32 Å². The molecule has 1 heterocycles. The van der Waals surface area contributed by atoms with Gasteiger partial charge in [0.2, 0.25) is 0 Å². The van der Waals surface area contributed by atoms with Crippen LogP contribution in [0.5, 0.6) is 0 Å². The Balaban J connectivity index is 1.99. The van der Waals surface area contributed by atoms with Crippen LogP contribution in [0.2, 0.25) is 0 Å². The minimum atomic E-state index is -0.197. The second-order valence-corrected chi connectivity index (χ2v) is 4.73. The molecule has 3 nitrogen and oxygen atoms in total. The van der Waals surface area contributed by atoms with Gasteiger partial charge in [0.15, 0.2) is 0 Å². The summed E-state index contributed by atoms with van der Waals surface area (Å²) < 4.78 is 14.8. The van der Waals surface area contributed by atoms with Crippen LogP contribution in [0.25, 0.3) is 0 Å². The molecular formula is C15H20FN3. The fraction of sp³-hybridized carbons (Fsp3) is 0.400. The van der Waals surface area contributed by atoms with Gasteiger partial charge in [0, 0.05) is 30.4 Å². The standard InChI is InChI=1S/C15H20FN3/c1-4-19-12(3)15(10-18-19)11(2)17-9-13-5-7-14(16)8-6-13/h5-8,10-11,17H,4,9H2,1-3H3. The molecule has 0 radical (unpaired) electrons. The van der Waals surface area contributed by atoms with Gasteiger partial charge in [-0.05, 0) is 38.5 Å². The topological polar surface area (TPSA) is 29.9 Å². The van der Waals surface area contributed by atoms with Crippen molar-refractivity contribution in [1.82, 2.24) is 15.1 Å². The van der Waals surface area contributed by atoms with Gasteiger partial charge in [0.05, 0.1) is 6.20 Å². The highest BCUT2D eigenvalue weighted by atomic mass is 19.1. The lowest BCUT2D eigenvalue weighted by Gasteiger charge is -2.14. The summed E-state index contributed by atoms with van der Waals surface area (Å²) in [5.41, 5.74) is 3.49. The lowest BCUT2D eigenvalue weighted by atomic mass is 10.1. The molecule has 0 aliphatic carbocycles. The largest absolute Gasteiger partial charge is 0.306 e. The zero-order valence-electron chi connectivity index (χ0n) is 11.7. The lowest BCUT2D eigenvalue weighted by Crippen LogP contribution is -2.18. The third kappa shape index (κ3) is 3.20. The number of aromatic nitrogens is 2. The first-order valence-electron chi connectivity index (χ1n) is 6.62. The number of aryl methyl sites for hydroxylation is 1. The lowest BCUT2D eigenvalue weighted by molar-refractivity contribution is 0.566. The highest BCUT2D eigenvalue weighted by Crippen LogP contribution is 2.17. The summed E-state index contributed by atoms with van der Waals surface area (Å²) in [6.07, 6.45) is 1.92. The van der Waals surface area contributed by atoms with E-state index in [1.165, 1.54) is 23.4 Å². The van der Waals surface area contributed by atoms with Gasteiger partial charge in [-0.1, -0.05) is 12.1 Å². The van der Waals surface area contributed by atoms with Gasteiger partial charge in [-0.3, -0.25) is 4.68 Å². The molecule has 0 spiro atoms. The highest BCUT2D eigenvalue weighted by molar-refractivity contribution is 5.21. The van der Waals surface area contributed by atoms with Crippen LogP contribution in [0.15, 0.2) is 30.5 Å². The van der Waals surface area contributed by atoms with Gasteiger partial charge in [0.1, 0.15) is 5.82 Å². The Morgan fingerprint density at radius 2 is 2.00 bits per heavy atom. The van der Waals surface area contributed by atoms with E-state index in [2.05, 4.69) is 31.2 Å². The maximum atomic E-state index is 12.8. The van der Waals surface area contributed by atoms with Crippen LogP contribution in [0.4, 0.5) is 4.39 Å². The predicted molar refractivity (Wildman–Crippen MR) is 74.3 cm³/mol. The van der Waals surface area contributed by atoms with Crippen molar-refractivity contribution in [2.24, 2.45) is 0 Å². The van der Waals surface area contributed by atoms with E-state index in [9.17, 15) is 4.39 Å². The van der Waals surface area contributed by atoms with E-state index in [0.29, 0.717) is 0 Å². The molecule has 0 saturated heterocycles. The van der Waals surface area contributed by atoms with Gasteiger partial charge in [-0.2, -0.15) is 5.10 Å². The molecule has 1 N–H and O–H groups in total. The Bertz CT molecular complexity index is 531. The summed E-state index contributed by atoms with van der Waals surface area (Å²) in [6, 6.07) is 6.81. The molecule has 19 heavy (non-hydrogen) atoms. The smallest absolute Gasteiger partial charge is 0.123 e. The predicted octanol–water partition coefficient (Wildman–Crippen LogP) is 3.20. The van der Waals surface area contributed by atoms with E-state index in [0.717, 1.165) is 18.7 Å². The van der Waals surface area contributed by atoms with Crippen LogP contribution in [0.1, 0.15) is 36.7 Å². The minimum Gasteiger partial charge on any atom is -0.306 e. The summed E-state index contributed by atoms with van der Waals surface area (Å²) in [4.78, 5) is 0. The molecular weight excluding hydrogens is 241 g/mol. The number of benzene rings is 1. The van der Waals surface area contributed by atoms with Gasteiger partial charge >= 0.3 is 0 Å². The van der Waals surface area contributed by atoms with Crippen LogP contribution in [0.3, 0.4) is 0 Å². The Hall–Kier alpha value is -1.68. The molecule has 2 aromatic rings. The highest BCUT2D eigenvalue weighted by Gasteiger charge is 2.12. The van der Waals surface area contributed by atoms with Crippen molar-refractivity contribution in [2.45, 2.75) is 39.9 Å². The second kappa shape index (κ2) is 5.97. The molecule has 0 aliphatic rings. The summed E-state index contributed by atoms with van der Waals surface area (Å²) in [7, 11) is 0. The molecule has 0 bridgehead atoms. The number of hydrogen-bond acceptors (Lipinski definition) is 2. The van der Waals surface area contributed by atoms with Crippen molar-refractivity contribution < 1.29 is 4.39 Å². The molecule has 0 amide bonds. The van der Waals surface area contributed by atoms with Crippen LogP contribution in [-0.4, -0.2) is 9.78 Å². The molecule has 1 atom stereocenters. The van der Waals surface area contributed by atoms with Crippen molar-refractivity contribution in [2.75, 3.05) is 0 Å². The van der Waals surface area contributed by atoms with Gasteiger partial charge in [-0.25, -0.2) is 4.39 Å². The average Bonchev–Trinajstić information content (AvgIpc) is 2.79. The van der Waals surface area contributed by atoms with Crippen LogP contribution >= 0.6 is 0 Å². The number of halogens is 1. The Morgan fingerprint density at radius 1 is 1.32 bits per heavy atom. The number of nitrogens with one attached hydrogen (secondary N) is 1. The van der Waals surface area contributed by atoms with Gasteiger partial charge in [-0.15, -0.1) is 0 Å². The van der Waals surface area contributed by atoms with Crippen molar-refractivity contribution in [3.63, 3.8) is 0 Å². The second-order valence-electron chi connectivity index (χ2n) is 4.73.